The number of anilines is 3. The maximum absolute atomic E-state index is 11.9. The van der Waals surface area contributed by atoms with Gasteiger partial charge in [-0.25, -0.2) is 0 Å². The minimum atomic E-state index is -0.273. The number of piperazine rings is 2. The molecule has 1 N–H and O–H groups in total. The van der Waals surface area contributed by atoms with Crippen molar-refractivity contribution in [1.82, 2.24) is 9.88 Å². The molecule has 0 unspecified atom stereocenters. The van der Waals surface area contributed by atoms with E-state index in [2.05, 4.69) is 36.7 Å². The van der Waals surface area contributed by atoms with Gasteiger partial charge in [0, 0.05) is 87.4 Å². The van der Waals surface area contributed by atoms with E-state index >= 15 is 0 Å². The van der Waals surface area contributed by atoms with Crippen molar-refractivity contribution in [2.45, 2.75) is 6.92 Å². The molecule has 1 aromatic heterocycles. The van der Waals surface area contributed by atoms with Gasteiger partial charge in [-0.1, -0.05) is 18.2 Å². The summed E-state index contributed by atoms with van der Waals surface area (Å²) in [5.41, 5.74) is 5.03. The highest BCUT2D eigenvalue weighted by Crippen LogP contribution is 2.35. The number of aliphatic hydroxyl groups excluding tert-OH is 1. The first-order valence-electron chi connectivity index (χ1n) is 12.3. The van der Waals surface area contributed by atoms with Gasteiger partial charge >= 0.3 is 0 Å². The molecule has 0 radical (unpaired) electrons. The van der Waals surface area contributed by atoms with Crippen molar-refractivity contribution in [2.24, 2.45) is 0 Å². The minimum absolute atomic E-state index is 0.159. The van der Waals surface area contributed by atoms with Gasteiger partial charge in [0.1, 0.15) is 5.69 Å². The van der Waals surface area contributed by atoms with Crippen molar-refractivity contribution in [3.8, 4) is 0 Å². The average Bonchev–Trinajstić information content (AvgIpc) is 2.88. The van der Waals surface area contributed by atoms with Crippen molar-refractivity contribution in [3.63, 3.8) is 0 Å². The highest BCUT2D eigenvalue weighted by molar-refractivity contribution is 5.92. The van der Waals surface area contributed by atoms with Gasteiger partial charge in [-0.05, 0) is 31.2 Å². The molecule has 0 bridgehead atoms. The molecule has 0 spiro atoms. The van der Waals surface area contributed by atoms with Crippen LogP contribution in [0.1, 0.15) is 5.69 Å². The van der Waals surface area contributed by atoms with Gasteiger partial charge in [-0.3, -0.25) is 20.0 Å². The smallest absolute Gasteiger partial charge is 0.292 e. The van der Waals surface area contributed by atoms with Gasteiger partial charge in [0.2, 0.25) is 0 Å². The van der Waals surface area contributed by atoms with E-state index in [1.54, 1.807) is 6.07 Å². The number of hydrogen-bond donors (Lipinski definition) is 1. The average molecular weight is 477 g/mol. The van der Waals surface area contributed by atoms with Crippen LogP contribution in [0.25, 0.3) is 10.9 Å². The number of nitro groups is 1. The maximum atomic E-state index is 11.9. The Kier molecular flexibility index (Phi) is 6.70. The number of hydrogen-bond acceptors (Lipinski definition) is 8. The van der Waals surface area contributed by atoms with Crippen molar-refractivity contribution >= 4 is 33.7 Å². The molecule has 2 aliphatic rings. The van der Waals surface area contributed by atoms with Crippen LogP contribution in [0.15, 0.2) is 48.5 Å². The zero-order chi connectivity index (χ0) is 24.4. The number of benzene rings is 2. The molecule has 3 aromatic rings. The number of nitro benzene ring substituents is 1. The summed E-state index contributed by atoms with van der Waals surface area (Å²) in [6.07, 6.45) is 0. The van der Waals surface area contributed by atoms with Gasteiger partial charge in [0.25, 0.3) is 5.69 Å². The van der Waals surface area contributed by atoms with E-state index in [0.29, 0.717) is 25.3 Å². The van der Waals surface area contributed by atoms with Gasteiger partial charge in [-0.15, -0.1) is 0 Å². The van der Waals surface area contributed by atoms with Crippen LogP contribution < -0.4 is 14.7 Å². The minimum Gasteiger partial charge on any atom is -0.395 e. The predicted octanol–water partition coefficient (Wildman–Crippen LogP) is 2.89. The summed E-state index contributed by atoms with van der Waals surface area (Å²) in [6, 6.07) is 15.8. The molecular formula is C26H32N6O3. The van der Waals surface area contributed by atoms with Gasteiger partial charge in [0.15, 0.2) is 0 Å². The molecule has 5 rings (SSSR count). The second-order valence-corrected chi connectivity index (χ2v) is 9.26. The highest BCUT2D eigenvalue weighted by Gasteiger charge is 2.27. The van der Waals surface area contributed by atoms with E-state index in [9.17, 15) is 15.2 Å². The van der Waals surface area contributed by atoms with Crippen molar-refractivity contribution in [3.05, 3.63) is 64.3 Å². The second-order valence-electron chi connectivity index (χ2n) is 9.26. The Hall–Kier alpha value is -3.43. The fraction of sp³-hybridized carbons (Fsp3) is 0.423. The van der Waals surface area contributed by atoms with E-state index in [1.165, 1.54) is 5.69 Å². The van der Waals surface area contributed by atoms with Crippen LogP contribution in [0.5, 0.6) is 0 Å². The SMILES string of the molecule is Cc1cc(N2CCN(c3cc(N4CCN(CCO)CC4)ccc3[N+](=O)[O-])CC2)c2ccccc2n1. The molecule has 2 aromatic carbocycles. The van der Waals surface area contributed by atoms with Crippen LogP contribution in [-0.4, -0.2) is 85.4 Å². The number of nitrogens with zero attached hydrogens (tertiary/aromatic N) is 6. The molecule has 184 valence electrons. The lowest BCUT2D eigenvalue weighted by Crippen LogP contribution is -2.48. The van der Waals surface area contributed by atoms with Crippen molar-refractivity contribution in [2.75, 3.05) is 80.2 Å². The molecule has 0 aliphatic carbocycles. The topological polar surface area (TPSA) is 89.2 Å². The molecule has 0 amide bonds. The monoisotopic (exact) mass is 476 g/mol. The molecule has 3 heterocycles. The fourth-order valence-electron chi connectivity index (χ4n) is 5.22. The number of aromatic nitrogens is 1. The Balaban J connectivity index is 1.35. The summed E-state index contributed by atoms with van der Waals surface area (Å²) in [5, 5.41) is 22.2. The number of aryl methyl sites for hydroxylation is 1. The molecule has 2 fully saturated rings. The third-order valence-electron chi connectivity index (χ3n) is 7.09. The number of rotatable bonds is 6. The number of fused-ring (bicyclic) bond motifs is 1. The van der Waals surface area contributed by atoms with Gasteiger partial charge in [0.05, 0.1) is 17.0 Å². The van der Waals surface area contributed by atoms with Crippen LogP contribution in [0.4, 0.5) is 22.7 Å². The zero-order valence-corrected chi connectivity index (χ0v) is 20.1. The highest BCUT2D eigenvalue weighted by atomic mass is 16.6. The molecule has 9 nitrogen and oxygen atoms in total. The Morgan fingerprint density at radius 1 is 0.886 bits per heavy atom. The van der Waals surface area contributed by atoms with Crippen molar-refractivity contribution < 1.29 is 10.0 Å². The van der Waals surface area contributed by atoms with E-state index in [4.69, 9.17) is 0 Å². The standard InChI is InChI=1S/C26H32N6O3/c1-20-18-25(22-4-2-3-5-23(22)27-20)30-12-14-31(15-13-30)26-19-21(6-7-24(26)32(34)35)29-10-8-28(9-11-29)16-17-33/h2-7,18-19,33H,8-17H2,1H3. The van der Waals surface area contributed by atoms with Crippen LogP contribution in [-0.2, 0) is 0 Å². The lowest BCUT2D eigenvalue weighted by molar-refractivity contribution is -0.384. The van der Waals surface area contributed by atoms with E-state index in [-0.39, 0.29) is 17.2 Å². The molecular weight excluding hydrogens is 444 g/mol. The molecule has 0 atom stereocenters. The molecule has 35 heavy (non-hydrogen) atoms. The summed E-state index contributed by atoms with van der Waals surface area (Å²) in [7, 11) is 0. The van der Waals surface area contributed by atoms with Gasteiger partial charge in [-0.2, -0.15) is 0 Å². The first-order chi connectivity index (χ1) is 17.0. The van der Waals surface area contributed by atoms with Crippen LogP contribution >= 0.6 is 0 Å². The first-order valence-corrected chi connectivity index (χ1v) is 12.3. The van der Waals surface area contributed by atoms with E-state index in [0.717, 1.165) is 61.6 Å². The molecule has 9 heteroatoms. The Labute approximate surface area is 205 Å². The number of β-amino-alcohol motifs (C(OH)–C–C–N with tert-alkyl or cyclic N) is 1. The number of pyridine rings is 1. The summed E-state index contributed by atoms with van der Waals surface area (Å²) in [6.45, 7) is 9.33. The van der Waals surface area contributed by atoms with Crippen LogP contribution in [0.2, 0.25) is 0 Å². The lowest BCUT2D eigenvalue weighted by Gasteiger charge is -2.39. The van der Waals surface area contributed by atoms with Crippen LogP contribution in [0, 0.1) is 17.0 Å². The third-order valence-corrected chi connectivity index (χ3v) is 7.09. The van der Waals surface area contributed by atoms with Gasteiger partial charge < -0.3 is 19.8 Å². The normalized spacial score (nSPS) is 17.3. The predicted molar refractivity (Wildman–Crippen MR) is 140 cm³/mol. The second kappa shape index (κ2) is 10.1. The lowest BCUT2D eigenvalue weighted by atomic mass is 10.1. The largest absolute Gasteiger partial charge is 0.395 e. The molecule has 0 saturated carbocycles. The summed E-state index contributed by atoms with van der Waals surface area (Å²) < 4.78 is 0. The summed E-state index contributed by atoms with van der Waals surface area (Å²) in [5.74, 6) is 0. The summed E-state index contributed by atoms with van der Waals surface area (Å²) >= 11 is 0. The first kappa shape index (κ1) is 23.3. The van der Waals surface area contributed by atoms with E-state index < -0.39 is 0 Å². The quantitative estimate of drug-likeness (QED) is 0.429. The molecule has 2 aliphatic heterocycles. The van der Waals surface area contributed by atoms with Crippen LogP contribution in [0.3, 0.4) is 0 Å². The Bertz CT molecular complexity index is 1200. The Morgan fingerprint density at radius 3 is 2.23 bits per heavy atom. The van der Waals surface area contributed by atoms with Crippen molar-refractivity contribution in [1.29, 1.82) is 0 Å². The third kappa shape index (κ3) is 4.87. The number of aliphatic hydroxyl groups is 1. The molecule has 2 saturated heterocycles. The summed E-state index contributed by atoms with van der Waals surface area (Å²) in [4.78, 5) is 25.3. The maximum Gasteiger partial charge on any atom is 0.292 e. The fourth-order valence-corrected chi connectivity index (χ4v) is 5.22. The number of para-hydroxylation sites is 1. The zero-order valence-electron chi connectivity index (χ0n) is 20.1. The Morgan fingerprint density at radius 2 is 1.54 bits per heavy atom. The van der Waals surface area contributed by atoms with E-state index in [1.807, 2.05) is 37.3 Å².